The van der Waals surface area contributed by atoms with Gasteiger partial charge in [0.2, 0.25) is 0 Å². The highest BCUT2D eigenvalue weighted by molar-refractivity contribution is 6.30. The second kappa shape index (κ2) is 10.5. The number of ether oxygens (including phenoxy) is 2. The maximum absolute atomic E-state index is 5.91. The molecule has 22 heavy (non-hydrogen) atoms. The first-order chi connectivity index (χ1) is 10.3. The molecular formula is C17H21Cl2NO2. The van der Waals surface area contributed by atoms with Crippen molar-refractivity contribution >= 4 is 24.0 Å². The first kappa shape index (κ1) is 18.8. The summed E-state index contributed by atoms with van der Waals surface area (Å²) in [5, 5.41) is 4.06. The Morgan fingerprint density at radius 3 is 2.50 bits per heavy atom. The third kappa shape index (κ3) is 6.24. The molecule has 0 fully saturated rings. The zero-order valence-corrected chi connectivity index (χ0v) is 14.1. The van der Waals surface area contributed by atoms with E-state index < -0.39 is 0 Å². The molecule has 0 heterocycles. The Morgan fingerprint density at radius 2 is 1.77 bits per heavy atom. The molecule has 0 aliphatic heterocycles. The third-order valence-corrected chi connectivity index (χ3v) is 3.33. The van der Waals surface area contributed by atoms with Crippen LogP contribution in [0.25, 0.3) is 0 Å². The lowest BCUT2D eigenvalue weighted by Crippen LogP contribution is -2.19. The van der Waals surface area contributed by atoms with Gasteiger partial charge in [0.1, 0.15) is 12.4 Å². The van der Waals surface area contributed by atoms with Crippen LogP contribution < -0.4 is 10.1 Å². The van der Waals surface area contributed by atoms with Crippen molar-refractivity contribution in [3.05, 3.63) is 64.7 Å². The highest BCUT2D eigenvalue weighted by atomic mass is 35.5. The van der Waals surface area contributed by atoms with Gasteiger partial charge in [0, 0.05) is 30.8 Å². The largest absolute Gasteiger partial charge is 0.489 e. The smallest absolute Gasteiger partial charge is 0.124 e. The van der Waals surface area contributed by atoms with Crippen LogP contribution in [0.4, 0.5) is 0 Å². The summed E-state index contributed by atoms with van der Waals surface area (Å²) in [6.45, 7) is 2.82. The molecule has 0 aliphatic rings. The van der Waals surface area contributed by atoms with Gasteiger partial charge in [-0.05, 0) is 23.8 Å². The van der Waals surface area contributed by atoms with E-state index in [2.05, 4.69) is 11.4 Å². The van der Waals surface area contributed by atoms with E-state index >= 15 is 0 Å². The van der Waals surface area contributed by atoms with Crippen molar-refractivity contribution in [2.45, 2.75) is 13.2 Å². The number of methoxy groups -OCH3 is 1. The van der Waals surface area contributed by atoms with Crippen molar-refractivity contribution in [3.8, 4) is 5.75 Å². The molecule has 1 N–H and O–H groups in total. The van der Waals surface area contributed by atoms with Crippen LogP contribution >= 0.6 is 24.0 Å². The van der Waals surface area contributed by atoms with Crippen LogP contribution in [0.5, 0.6) is 5.75 Å². The van der Waals surface area contributed by atoms with Gasteiger partial charge in [-0.3, -0.25) is 0 Å². The molecule has 3 nitrogen and oxygen atoms in total. The Hall–Kier alpha value is -1.26. The molecule has 2 aromatic carbocycles. The van der Waals surface area contributed by atoms with Gasteiger partial charge < -0.3 is 14.8 Å². The topological polar surface area (TPSA) is 30.5 Å². The summed E-state index contributed by atoms with van der Waals surface area (Å²) in [6.07, 6.45) is 0. The number of benzene rings is 2. The van der Waals surface area contributed by atoms with Crippen molar-refractivity contribution in [1.29, 1.82) is 0 Å². The fourth-order valence-electron chi connectivity index (χ4n) is 1.93. The molecule has 0 unspecified atom stereocenters. The van der Waals surface area contributed by atoms with E-state index in [1.165, 1.54) is 0 Å². The summed E-state index contributed by atoms with van der Waals surface area (Å²) in [5.41, 5.74) is 2.24. The maximum atomic E-state index is 5.91. The van der Waals surface area contributed by atoms with Crippen LogP contribution in [0.15, 0.2) is 48.5 Å². The quantitative estimate of drug-likeness (QED) is 0.734. The molecule has 5 heteroatoms. The predicted octanol–water partition coefficient (Wildman–Crippen LogP) is 4.08. The maximum Gasteiger partial charge on any atom is 0.124 e. The van der Waals surface area contributed by atoms with Crippen molar-refractivity contribution in [2.24, 2.45) is 0 Å². The number of para-hydroxylation sites is 1. The molecule has 0 spiro atoms. The average molecular weight is 342 g/mol. The first-order valence-electron chi connectivity index (χ1n) is 6.94. The molecule has 0 amide bonds. The highest BCUT2D eigenvalue weighted by Crippen LogP contribution is 2.19. The van der Waals surface area contributed by atoms with Gasteiger partial charge in [0.15, 0.2) is 0 Å². The minimum atomic E-state index is 0. The van der Waals surface area contributed by atoms with E-state index in [4.69, 9.17) is 21.1 Å². The summed E-state index contributed by atoms with van der Waals surface area (Å²) >= 11 is 5.88. The minimum Gasteiger partial charge on any atom is -0.489 e. The van der Waals surface area contributed by atoms with Crippen LogP contribution in [-0.2, 0) is 17.9 Å². The lowest BCUT2D eigenvalue weighted by Gasteiger charge is -2.12. The summed E-state index contributed by atoms with van der Waals surface area (Å²) in [4.78, 5) is 0. The van der Waals surface area contributed by atoms with Crippen LogP contribution in [0.2, 0.25) is 5.02 Å². The van der Waals surface area contributed by atoms with Crippen molar-refractivity contribution in [1.82, 2.24) is 5.32 Å². The van der Waals surface area contributed by atoms with Gasteiger partial charge in [-0.25, -0.2) is 0 Å². The van der Waals surface area contributed by atoms with Crippen molar-refractivity contribution in [2.75, 3.05) is 20.3 Å². The van der Waals surface area contributed by atoms with E-state index in [0.29, 0.717) is 13.2 Å². The number of nitrogens with one attached hydrogen (secondary N) is 1. The fourth-order valence-corrected chi connectivity index (χ4v) is 2.06. The first-order valence-corrected chi connectivity index (χ1v) is 7.32. The summed E-state index contributed by atoms with van der Waals surface area (Å²) < 4.78 is 10.9. The zero-order chi connectivity index (χ0) is 14.9. The lowest BCUT2D eigenvalue weighted by molar-refractivity contribution is 0.199. The predicted molar refractivity (Wildman–Crippen MR) is 93.1 cm³/mol. The second-order valence-electron chi connectivity index (χ2n) is 4.69. The van der Waals surface area contributed by atoms with Gasteiger partial charge in [-0.15, -0.1) is 12.4 Å². The number of halogens is 2. The average Bonchev–Trinajstić information content (AvgIpc) is 2.52. The number of hydrogen-bond donors (Lipinski definition) is 1. The van der Waals surface area contributed by atoms with E-state index in [-0.39, 0.29) is 12.4 Å². The molecule has 0 saturated carbocycles. The van der Waals surface area contributed by atoms with Crippen LogP contribution in [0.3, 0.4) is 0 Å². The van der Waals surface area contributed by atoms with E-state index in [0.717, 1.165) is 35.0 Å². The van der Waals surface area contributed by atoms with Crippen LogP contribution in [0, 0.1) is 0 Å². The number of hydrogen-bond acceptors (Lipinski definition) is 3. The SMILES string of the molecule is COCCNCc1ccccc1OCc1ccc(Cl)cc1.Cl. The van der Waals surface area contributed by atoms with E-state index in [1.807, 2.05) is 42.5 Å². The zero-order valence-electron chi connectivity index (χ0n) is 12.5. The summed E-state index contributed by atoms with van der Waals surface area (Å²) in [5.74, 6) is 0.900. The Morgan fingerprint density at radius 1 is 1.05 bits per heavy atom. The fraction of sp³-hybridized carbons (Fsp3) is 0.294. The molecule has 0 radical (unpaired) electrons. The van der Waals surface area contributed by atoms with Crippen LogP contribution in [0.1, 0.15) is 11.1 Å². The van der Waals surface area contributed by atoms with Crippen molar-refractivity contribution in [3.63, 3.8) is 0 Å². The Kier molecular flexibility index (Phi) is 8.94. The Labute approximate surface area is 143 Å². The molecule has 0 aromatic heterocycles. The van der Waals surface area contributed by atoms with Gasteiger partial charge in [0.25, 0.3) is 0 Å². The molecule has 2 aromatic rings. The molecular weight excluding hydrogens is 321 g/mol. The Bertz CT molecular complexity index is 547. The molecule has 0 bridgehead atoms. The summed E-state index contributed by atoms with van der Waals surface area (Å²) in [7, 11) is 1.70. The third-order valence-electron chi connectivity index (χ3n) is 3.08. The minimum absolute atomic E-state index is 0. The van der Waals surface area contributed by atoms with Gasteiger partial charge in [0.05, 0.1) is 6.61 Å². The van der Waals surface area contributed by atoms with E-state index in [9.17, 15) is 0 Å². The highest BCUT2D eigenvalue weighted by Gasteiger charge is 2.03. The van der Waals surface area contributed by atoms with E-state index in [1.54, 1.807) is 7.11 Å². The van der Waals surface area contributed by atoms with Crippen molar-refractivity contribution < 1.29 is 9.47 Å². The molecule has 0 saturated heterocycles. The van der Waals surface area contributed by atoms with Gasteiger partial charge in [-0.1, -0.05) is 41.9 Å². The molecule has 2 rings (SSSR count). The summed E-state index contributed by atoms with van der Waals surface area (Å²) in [6, 6.07) is 15.7. The Balaban J connectivity index is 0.00000242. The van der Waals surface area contributed by atoms with Crippen LogP contribution in [-0.4, -0.2) is 20.3 Å². The number of rotatable bonds is 8. The standard InChI is InChI=1S/C17H20ClNO2.ClH/c1-20-11-10-19-12-15-4-2-3-5-17(15)21-13-14-6-8-16(18)9-7-14;/h2-9,19H,10-13H2,1H3;1H. The molecule has 0 atom stereocenters. The van der Waals surface area contributed by atoms with Gasteiger partial charge in [-0.2, -0.15) is 0 Å². The second-order valence-corrected chi connectivity index (χ2v) is 5.13. The van der Waals surface area contributed by atoms with Gasteiger partial charge >= 0.3 is 0 Å². The monoisotopic (exact) mass is 341 g/mol. The lowest BCUT2D eigenvalue weighted by atomic mass is 10.2. The molecule has 0 aliphatic carbocycles. The molecule has 120 valence electrons. The normalized spacial score (nSPS) is 10.1.